The lowest BCUT2D eigenvalue weighted by Gasteiger charge is -2.19. The molecule has 164 valence electrons. The third-order valence-electron chi connectivity index (χ3n) is 4.89. The SMILES string of the molecule is CC(C)(C)OC(=O)NCCOc1ncccc1C=C1c2ccccc2-c2ccc(F)cc21. The highest BCUT2D eigenvalue weighted by Crippen LogP contribution is 2.45. The molecule has 0 aliphatic heterocycles. The molecule has 6 heteroatoms. The summed E-state index contributed by atoms with van der Waals surface area (Å²) in [6.45, 7) is 5.93. The molecule has 5 nitrogen and oxygen atoms in total. The zero-order valence-corrected chi connectivity index (χ0v) is 18.3. The van der Waals surface area contributed by atoms with Crippen LogP contribution in [-0.2, 0) is 4.74 Å². The number of halogens is 1. The van der Waals surface area contributed by atoms with E-state index in [0.717, 1.165) is 33.4 Å². The maximum atomic E-state index is 14.0. The molecule has 0 radical (unpaired) electrons. The molecule has 0 atom stereocenters. The maximum absolute atomic E-state index is 14.0. The second-order valence-electron chi connectivity index (χ2n) is 8.47. The third-order valence-corrected chi connectivity index (χ3v) is 4.89. The van der Waals surface area contributed by atoms with E-state index < -0.39 is 11.7 Å². The van der Waals surface area contributed by atoms with Gasteiger partial charge in [-0.1, -0.05) is 30.3 Å². The van der Waals surface area contributed by atoms with Gasteiger partial charge in [-0.3, -0.25) is 0 Å². The Hall–Kier alpha value is -3.67. The molecule has 0 saturated carbocycles. The minimum absolute atomic E-state index is 0.230. The first-order valence-electron chi connectivity index (χ1n) is 10.5. The number of hydrogen-bond acceptors (Lipinski definition) is 4. The summed E-state index contributed by atoms with van der Waals surface area (Å²) >= 11 is 0. The molecule has 0 unspecified atom stereocenters. The van der Waals surface area contributed by atoms with Crippen molar-refractivity contribution < 1.29 is 18.7 Å². The van der Waals surface area contributed by atoms with Gasteiger partial charge in [0.15, 0.2) is 0 Å². The van der Waals surface area contributed by atoms with Crippen LogP contribution in [0.1, 0.15) is 37.5 Å². The molecule has 1 aliphatic rings. The number of aromatic nitrogens is 1. The van der Waals surface area contributed by atoms with Gasteiger partial charge in [0, 0.05) is 11.8 Å². The Kier molecular flexibility index (Phi) is 5.95. The lowest BCUT2D eigenvalue weighted by molar-refractivity contribution is 0.0520. The van der Waals surface area contributed by atoms with E-state index in [1.165, 1.54) is 6.07 Å². The minimum Gasteiger partial charge on any atom is -0.475 e. The lowest BCUT2D eigenvalue weighted by atomic mass is 10.0. The Bertz CT molecular complexity index is 1180. The summed E-state index contributed by atoms with van der Waals surface area (Å²) in [5, 5.41) is 2.66. The molecule has 1 amide bonds. The second kappa shape index (κ2) is 8.83. The van der Waals surface area contributed by atoms with Crippen molar-refractivity contribution in [3.63, 3.8) is 0 Å². The fourth-order valence-corrected chi connectivity index (χ4v) is 3.63. The number of rotatable bonds is 5. The van der Waals surface area contributed by atoms with E-state index in [0.29, 0.717) is 5.88 Å². The van der Waals surface area contributed by atoms with Crippen LogP contribution in [0.2, 0.25) is 0 Å². The fraction of sp³-hybridized carbons (Fsp3) is 0.231. The Labute approximate surface area is 186 Å². The van der Waals surface area contributed by atoms with Gasteiger partial charge in [-0.15, -0.1) is 0 Å². The van der Waals surface area contributed by atoms with Crippen LogP contribution in [0.3, 0.4) is 0 Å². The lowest BCUT2D eigenvalue weighted by Crippen LogP contribution is -2.34. The molecule has 1 heterocycles. The topological polar surface area (TPSA) is 60.5 Å². The van der Waals surface area contributed by atoms with E-state index in [1.807, 2.05) is 69.3 Å². The first-order valence-corrected chi connectivity index (χ1v) is 10.5. The molecule has 0 saturated heterocycles. The smallest absolute Gasteiger partial charge is 0.407 e. The summed E-state index contributed by atoms with van der Waals surface area (Å²) in [7, 11) is 0. The Morgan fingerprint density at radius 2 is 1.78 bits per heavy atom. The minimum atomic E-state index is -0.557. The molecule has 32 heavy (non-hydrogen) atoms. The Morgan fingerprint density at radius 1 is 1.03 bits per heavy atom. The van der Waals surface area contributed by atoms with Crippen molar-refractivity contribution in [2.75, 3.05) is 13.2 Å². The largest absolute Gasteiger partial charge is 0.475 e. The number of hydrogen-bond donors (Lipinski definition) is 1. The number of carbonyl (C=O) groups is 1. The van der Waals surface area contributed by atoms with Crippen molar-refractivity contribution in [2.45, 2.75) is 26.4 Å². The number of ether oxygens (including phenoxy) is 2. The van der Waals surface area contributed by atoms with Gasteiger partial charge in [-0.25, -0.2) is 14.2 Å². The molecule has 0 fully saturated rings. The van der Waals surface area contributed by atoms with Crippen molar-refractivity contribution in [3.05, 3.63) is 83.3 Å². The first-order chi connectivity index (χ1) is 15.3. The molecule has 4 rings (SSSR count). The van der Waals surface area contributed by atoms with Crippen LogP contribution in [0.4, 0.5) is 9.18 Å². The number of carbonyl (C=O) groups excluding carboxylic acids is 1. The second-order valence-corrected chi connectivity index (χ2v) is 8.47. The van der Waals surface area contributed by atoms with Crippen LogP contribution in [0.5, 0.6) is 5.88 Å². The van der Waals surface area contributed by atoms with Gasteiger partial charge in [0.1, 0.15) is 18.0 Å². The van der Waals surface area contributed by atoms with Crippen molar-refractivity contribution in [1.82, 2.24) is 10.3 Å². The van der Waals surface area contributed by atoms with E-state index >= 15 is 0 Å². The summed E-state index contributed by atoms with van der Waals surface area (Å²) in [5.41, 5.74) is 5.08. The molecule has 1 N–H and O–H groups in total. The summed E-state index contributed by atoms with van der Waals surface area (Å²) in [6.07, 6.45) is 3.12. The highest BCUT2D eigenvalue weighted by molar-refractivity contribution is 6.06. The molecule has 0 spiro atoms. The summed E-state index contributed by atoms with van der Waals surface area (Å²) in [6, 6.07) is 16.6. The molecule has 3 aromatic rings. The number of fused-ring (bicyclic) bond motifs is 3. The maximum Gasteiger partial charge on any atom is 0.407 e. The van der Waals surface area contributed by atoms with E-state index in [4.69, 9.17) is 9.47 Å². The van der Waals surface area contributed by atoms with Gasteiger partial charge in [0.05, 0.1) is 6.54 Å². The quantitative estimate of drug-likeness (QED) is 0.412. The van der Waals surface area contributed by atoms with Gasteiger partial charge in [-0.2, -0.15) is 0 Å². The van der Waals surface area contributed by atoms with E-state index in [-0.39, 0.29) is 19.0 Å². The predicted octanol–water partition coefficient (Wildman–Crippen LogP) is 5.69. The molecular formula is C26H25FN2O3. The molecule has 1 aliphatic carbocycles. The Morgan fingerprint density at radius 3 is 2.56 bits per heavy atom. The van der Waals surface area contributed by atoms with Crippen molar-refractivity contribution in [3.8, 4) is 17.0 Å². The van der Waals surface area contributed by atoms with Crippen molar-refractivity contribution >= 4 is 17.7 Å². The number of alkyl carbamates (subject to hydrolysis) is 1. The fourth-order valence-electron chi connectivity index (χ4n) is 3.63. The monoisotopic (exact) mass is 432 g/mol. The predicted molar refractivity (Wildman–Crippen MR) is 123 cm³/mol. The van der Waals surface area contributed by atoms with Crippen molar-refractivity contribution in [1.29, 1.82) is 0 Å². The summed E-state index contributed by atoms with van der Waals surface area (Å²) < 4.78 is 25.1. The van der Waals surface area contributed by atoms with Crippen LogP contribution in [0.15, 0.2) is 60.8 Å². The highest BCUT2D eigenvalue weighted by Gasteiger charge is 2.24. The zero-order chi connectivity index (χ0) is 22.7. The molecular weight excluding hydrogens is 407 g/mol. The van der Waals surface area contributed by atoms with Gasteiger partial charge in [-0.05, 0) is 78.9 Å². The normalized spacial score (nSPS) is 13.4. The number of nitrogens with one attached hydrogen (secondary N) is 1. The van der Waals surface area contributed by atoms with Crippen LogP contribution in [0.25, 0.3) is 22.8 Å². The van der Waals surface area contributed by atoms with E-state index in [2.05, 4.69) is 10.3 Å². The van der Waals surface area contributed by atoms with E-state index in [9.17, 15) is 9.18 Å². The van der Waals surface area contributed by atoms with Gasteiger partial charge < -0.3 is 14.8 Å². The standard InChI is InChI=1S/C26H25FN2O3/c1-26(2,3)32-25(30)29-13-14-31-24-17(7-6-12-28-24)15-22-20-9-5-4-8-19(20)21-11-10-18(27)16-23(21)22/h4-12,15-16H,13-14H2,1-3H3,(H,29,30). The van der Waals surface area contributed by atoms with Gasteiger partial charge >= 0.3 is 6.09 Å². The first kappa shape index (κ1) is 21.6. The van der Waals surface area contributed by atoms with Crippen LogP contribution < -0.4 is 10.1 Å². The average molecular weight is 432 g/mol. The number of amides is 1. The van der Waals surface area contributed by atoms with Crippen molar-refractivity contribution in [2.24, 2.45) is 0 Å². The van der Waals surface area contributed by atoms with Crippen LogP contribution >= 0.6 is 0 Å². The number of nitrogens with zero attached hydrogens (tertiary/aromatic N) is 1. The average Bonchev–Trinajstić information content (AvgIpc) is 3.04. The molecule has 2 aromatic carbocycles. The molecule has 1 aromatic heterocycles. The summed E-state index contributed by atoms with van der Waals surface area (Å²) in [5.74, 6) is 0.159. The molecule has 0 bridgehead atoms. The summed E-state index contributed by atoms with van der Waals surface area (Å²) in [4.78, 5) is 16.1. The number of benzene rings is 2. The zero-order valence-electron chi connectivity index (χ0n) is 18.3. The third kappa shape index (κ3) is 4.80. The van der Waals surface area contributed by atoms with Gasteiger partial charge in [0.2, 0.25) is 5.88 Å². The van der Waals surface area contributed by atoms with Gasteiger partial charge in [0.25, 0.3) is 0 Å². The highest BCUT2D eigenvalue weighted by atomic mass is 19.1. The Balaban J connectivity index is 1.55. The van der Waals surface area contributed by atoms with Crippen LogP contribution in [0, 0.1) is 5.82 Å². The van der Waals surface area contributed by atoms with E-state index in [1.54, 1.807) is 12.3 Å². The number of pyridine rings is 1. The van der Waals surface area contributed by atoms with Crippen LogP contribution in [-0.4, -0.2) is 29.8 Å².